The molecule has 2 N–H and O–H groups in total. The lowest BCUT2D eigenvalue weighted by Gasteiger charge is -2.45. The van der Waals surface area contributed by atoms with E-state index >= 15 is 4.39 Å². The topological polar surface area (TPSA) is 96.5 Å². The van der Waals surface area contributed by atoms with Crippen molar-refractivity contribution >= 4 is 56.9 Å². The van der Waals surface area contributed by atoms with Gasteiger partial charge in [0.1, 0.15) is 11.3 Å². The molecule has 10 nitrogen and oxygen atoms in total. The van der Waals surface area contributed by atoms with Crippen LogP contribution in [0.3, 0.4) is 0 Å². The first-order valence-corrected chi connectivity index (χ1v) is 14.9. The summed E-state index contributed by atoms with van der Waals surface area (Å²) in [5, 5.41) is 12.1. The van der Waals surface area contributed by atoms with E-state index in [-0.39, 0.29) is 34.1 Å². The predicted molar refractivity (Wildman–Crippen MR) is 172 cm³/mol. The lowest BCUT2D eigenvalue weighted by Crippen LogP contribution is -2.59. The number of amides is 1. The van der Waals surface area contributed by atoms with Crippen LogP contribution >= 0.6 is 11.6 Å². The zero-order chi connectivity index (χ0) is 30.7. The maximum absolute atomic E-state index is 17.0. The number of anilines is 3. The molecule has 2 fully saturated rings. The number of nitrogens with one attached hydrogen (secondary N) is 2. The van der Waals surface area contributed by atoms with E-state index in [0.717, 1.165) is 29.6 Å². The van der Waals surface area contributed by atoms with E-state index in [1.165, 1.54) is 6.08 Å². The molecule has 2 saturated heterocycles. The first-order valence-electron chi connectivity index (χ1n) is 14.5. The standard InChI is InChI=1S/C31H37ClFN9O/c1-8-23(43)41-12-18(4)42(13-17(41)3)30-20-11-21(32)25(24-16(2)9-10-22-26(24)29(34-5)38-37-22)27(33)28(20)35-31(36-30)40-14-19(15-40)39(6)7/h8-11,17-19H,1,12-15H2,2-7H3,(H2,34,37,38)/t17-,18+/m1/s1. The van der Waals surface area contributed by atoms with Crippen LogP contribution in [0, 0.1) is 12.7 Å². The average Bonchev–Trinajstić information content (AvgIpc) is 3.37. The first kappa shape index (κ1) is 29.1. The summed E-state index contributed by atoms with van der Waals surface area (Å²) >= 11 is 6.99. The molecule has 2 aromatic carbocycles. The summed E-state index contributed by atoms with van der Waals surface area (Å²) in [6.45, 7) is 12.1. The molecule has 4 aromatic rings. The van der Waals surface area contributed by atoms with Gasteiger partial charge in [0, 0.05) is 67.9 Å². The molecule has 43 heavy (non-hydrogen) atoms. The molecule has 2 aromatic heterocycles. The summed E-state index contributed by atoms with van der Waals surface area (Å²) in [4.78, 5) is 30.6. The quantitative estimate of drug-likeness (QED) is 0.306. The van der Waals surface area contributed by atoms with Crippen LogP contribution in [0.4, 0.5) is 22.0 Å². The fourth-order valence-corrected chi connectivity index (χ4v) is 6.56. The summed E-state index contributed by atoms with van der Waals surface area (Å²) < 4.78 is 17.0. The zero-order valence-electron chi connectivity index (χ0n) is 25.4. The first-order chi connectivity index (χ1) is 20.5. The fraction of sp³-hybridized carbons (Fsp3) is 0.419. The Morgan fingerprint density at radius 2 is 1.91 bits per heavy atom. The second-order valence-electron chi connectivity index (χ2n) is 11.9. The summed E-state index contributed by atoms with van der Waals surface area (Å²) in [5.74, 6) is 1.09. The number of piperazine rings is 1. The second kappa shape index (κ2) is 10.9. The monoisotopic (exact) mass is 605 g/mol. The molecule has 226 valence electrons. The minimum Gasteiger partial charge on any atom is -0.371 e. The minimum atomic E-state index is -0.503. The number of benzene rings is 2. The molecular weight excluding hydrogens is 569 g/mol. The minimum absolute atomic E-state index is 0.0846. The van der Waals surface area contributed by atoms with Crippen LogP contribution in [0.25, 0.3) is 32.9 Å². The Hall–Kier alpha value is -3.96. The number of aromatic nitrogens is 4. The zero-order valence-corrected chi connectivity index (χ0v) is 26.1. The third-order valence-electron chi connectivity index (χ3n) is 8.87. The SMILES string of the molecule is C=CC(=O)N1C[C@H](C)N(c2nc(N3CC(N(C)C)C3)nc3c(F)c(-c4c(C)ccc5[nH]nc(NC)c45)c(Cl)cc23)C[C@H]1C. The summed E-state index contributed by atoms with van der Waals surface area (Å²) in [6, 6.07) is 5.82. The molecule has 2 atom stereocenters. The van der Waals surface area contributed by atoms with Crippen molar-refractivity contribution in [3.8, 4) is 11.1 Å². The third-order valence-corrected chi connectivity index (χ3v) is 9.17. The van der Waals surface area contributed by atoms with E-state index in [0.29, 0.717) is 47.7 Å². The molecule has 0 bridgehead atoms. The van der Waals surface area contributed by atoms with Crippen molar-refractivity contribution in [3.05, 3.63) is 47.3 Å². The number of hydrogen-bond donors (Lipinski definition) is 2. The Morgan fingerprint density at radius 3 is 2.58 bits per heavy atom. The van der Waals surface area contributed by atoms with Crippen molar-refractivity contribution in [2.45, 2.75) is 38.9 Å². The van der Waals surface area contributed by atoms with Gasteiger partial charge in [-0.3, -0.25) is 9.89 Å². The molecule has 2 aliphatic rings. The van der Waals surface area contributed by atoms with Gasteiger partial charge in [-0.25, -0.2) is 9.37 Å². The van der Waals surface area contributed by atoms with Crippen LogP contribution < -0.4 is 15.1 Å². The number of rotatable bonds is 6. The number of H-pyrrole nitrogens is 1. The molecule has 0 radical (unpaired) electrons. The van der Waals surface area contributed by atoms with E-state index in [4.69, 9.17) is 21.6 Å². The van der Waals surface area contributed by atoms with Gasteiger partial charge in [0.05, 0.1) is 15.9 Å². The maximum atomic E-state index is 17.0. The van der Waals surface area contributed by atoms with Crippen LogP contribution in [0.15, 0.2) is 30.9 Å². The highest BCUT2D eigenvalue weighted by Gasteiger charge is 2.36. The second-order valence-corrected chi connectivity index (χ2v) is 12.3. The smallest absolute Gasteiger partial charge is 0.246 e. The van der Waals surface area contributed by atoms with Crippen LogP contribution in [-0.2, 0) is 4.79 Å². The van der Waals surface area contributed by atoms with E-state index in [2.05, 4.69) is 36.8 Å². The molecule has 6 rings (SSSR count). The van der Waals surface area contributed by atoms with Crippen molar-refractivity contribution in [2.24, 2.45) is 0 Å². The van der Waals surface area contributed by atoms with Crippen molar-refractivity contribution < 1.29 is 9.18 Å². The fourth-order valence-electron chi connectivity index (χ4n) is 6.27. The van der Waals surface area contributed by atoms with Gasteiger partial charge in [0.2, 0.25) is 11.9 Å². The Bertz CT molecular complexity index is 1750. The number of carbonyl (C=O) groups excluding carboxylic acids is 1. The Labute approximate surface area is 255 Å². The van der Waals surface area contributed by atoms with Crippen LogP contribution in [0.1, 0.15) is 19.4 Å². The Morgan fingerprint density at radius 1 is 1.16 bits per heavy atom. The Kier molecular flexibility index (Phi) is 7.42. The molecule has 0 aliphatic carbocycles. The van der Waals surface area contributed by atoms with E-state index < -0.39 is 5.82 Å². The van der Waals surface area contributed by atoms with E-state index in [1.54, 1.807) is 13.1 Å². The average molecular weight is 606 g/mol. The van der Waals surface area contributed by atoms with Crippen LogP contribution in [0.2, 0.25) is 5.02 Å². The molecule has 12 heteroatoms. The highest BCUT2D eigenvalue weighted by atomic mass is 35.5. The molecule has 2 aliphatic heterocycles. The Balaban J connectivity index is 1.56. The van der Waals surface area contributed by atoms with E-state index in [9.17, 15) is 4.79 Å². The number of fused-ring (bicyclic) bond motifs is 2. The molecule has 0 saturated carbocycles. The number of likely N-dealkylation sites (N-methyl/N-ethyl adjacent to an activating group) is 1. The summed E-state index contributed by atoms with van der Waals surface area (Å²) in [6.07, 6.45) is 1.35. The van der Waals surface area contributed by atoms with Gasteiger partial charge in [-0.05, 0) is 58.6 Å². The maximum Gasteiger partial charge on any atom is 0.246 e. The molecule has 1 amide bonds. The van der Waals surface area contributed by atoms with E-state index in [1.807, 2.05) is 51.9 Å². The highest BCUT2D eigenvalue weighted by Crippen LogP contribution is 2.44. The summed E-state index contributed by atoms with van der Waals surface area (Å²) in [5.41, 5.74) is 2.79. The lowest BCUT2D eigenvalue weighted by atomic mass is 9.94. The van der Waals surface area contributed by atoms with Crippen LogP contribution in [-0.4, -0.2) is 101 Å². The van der Waals surface area contributed by atoms with Gasteiger partial charge < -0.3 is 24.9 Å². The van der Waals surface area contributed by atoms with Crippen molar-refractivity contribution in [1.82, 2.24) is 30.0 Å². The van der Waals surface area contributed by atoms with Gasteiger partial charge in [-0.15, -0.1) is 0 Å². The number of hydrogen-bond acceptors (Lipinski definition) is 8. The van der Waals surface area contributed by atoms with Gasteiger partial charge in [-0.2, -0.15) is 10.1 Å². The number of halogens is 2. The number of aromatic amines is 1. The van der Waals surface area contributed by atoms with Crippen molar-refractivity contribution in [3.63, 3.8) is 0 Å². The van der Waals surface area contributed by atoms with Gasteiger partial charge in [0.25, 0.3) is 0 Å². The molecule has 0 spiro atoms. The number of aryl methyl sites for hydroxylation is 1. The number of carbonyl (C=O) groups is 1. The van der Waals surface area contributed by atoms with Gasteiger partial charge in [0.15, 0.2) is 11.6 Å². The molecule has 4 heterocycles. The lowest BCUT2D eigenvalue weighted by molar-refractivity contribution is -0.128. The van der Waals surface area contributed by atoms with Crippen LogP contribution in [0.5, 0.6) is 0 Å². The predicted octanol–water partition coefficient (Wildman–Crippen LogP) is 4.68. The molecular formula is C31H37ClFN9O. The highest BCUT2D eigenvalue weighted by molar-refractivity contribution is 6.35. The molecule has 0 unspecified atom stereocenters. The van der Waals surface area contributed by atoms with Crippen molar-refractivity contribution in [1.29, 1.82) is 0 Å². The summed E-state index contributed by atoms with van der Waals surface area (Å²) in [7, 11) is 5.88. The number of nitrogens with zero attached hydrogens (tertiary/aromatic N) is 7. The largest absolute Gasteiger partial charge is 0.371 e. The third kappa shape index (κ3) is 4.75. The van der Waals surface area contributed by atoms with Gasteiger partial charge >= 0.3 is 0 Å². The normalized spacial score (nSPS) is 19.4. The van der Waals surface area contributed by atoms with Crippen molar-refractivity contribution in [2.75, 3.05) is 62.4 Å². The van der Waals surface area contributed by atoms with Gasteiger partial charge in [-0.1, -0.05) is 24.2 Å².